The number of rotatable bonds is 9. The van der Waals surface area contributed by atoms with Crippen LogP contribution in [0.15, 0.2) is 25.6 Å². The zero-order valence-corrected chi connectivity index (χ0v) is 19.9. The second-order valence-corrected chi connectivity index (χ2v) is 7.95. The molecule has 2 N–H and O–H groups in total. The average molecular weight is 451 g/mol. The van der Waals surface area contributed by atoms with Crippen LogP contribution in [0.25, 0.3) is 0 Å². The Morgan fingerprint density at radius 3 is 2.06 bits per heavy atom. The van der Waals surface area contributed by atoms with Crippen molar-refractivity contribution in [1.82, 2.24) is 20.4 Å². The van der Waals surface area contributed by atoms with E-state index < -0.39 is 0 Å². The SMILES string of the molecule is C=CN1CCCCCC1=O.C=CNC=O.CCC(CC(C)NC=O)N1CCCCCC1=O. The highest BCUT2D eigenvalue weighted by Gasteiger charge is 2.24. The summed E-state index contributed by atoms with van der Waals surface area (Å²) in [5.74, 6) is 0.514. The largest absolute Gasteiger partial charge is 0.356 e. The normalized spacial score (nSPS) is 18.2. The van der Waals surface area contributed by atoms with E-state index in [4.69, 9.17) is 0 Å². The van der Waals surface area contributed by atoms with Crippen LogP contribution < -0.4 is 10.6 Å². The van der Waals surface area contributed by atoms with Crippen molar-refractivity contribution < 1.29 is 19.2 Å². The van der Waals surface area contributed by atoms with Crippen LogP contribution in [-0.4, -0.2) is 59.6 Å². The zero-order chi connectivity index (χ0) is 24.2. The second-order valence-electron chi connectivity index (χ2n) is 7.95. The van der Waals surface area contributed by atoms with Crippen LogP contribution in [-0.2, 0) is 19.2 Å². The van der Waals surface area contributed by atoms with Gasteiger partial charge < -0.3 is 20.4 Å². The number of likely N-dealkylation sites (tertiary alicyclic amines) is 2. The van der Waals surface area contributed by atoms with Crippen molar-refractivity contribution in [2.24, 2.45) is 0 Å². The fourth-order valence-electron chi connectivity index (χ4n) is 3.74. The van der Waals surface area contributed by atoms with Crippen molar-refractivity contribution in [3.63, 3.8) is 0 Å². The highest BCUT2D eigenvalue weighted by molar-refractivity contribution is 5.77. The van der Waals surface area contributed by atoms with Gasteiger partial charge in [0.2, 0.25) is 24.6 Å². The molecule has 2 aliphatic rings. The molecule has 0 spiro atoms. The predicted molar refractivity (Wildman–Crippen MR) is 127 cm³/mol. The maximum Gasteiger partial charge on any atom is 0.226 e. The van der Waals surface area contributed by atoms with Gasteiger partial charge in [0, 0.05) is 38.0 Å². The molecule has 0 aromatic rings. The monoisotopic (exact) mass is 450 g/mol. The number of hydrogen-bond donors (Lipinski definition) is 2. The minimum absolute atomic E-state index is 0.133. The number of nitrogens with one attached hydrogen (secondary N) is 2. The third-order valence-electron chi connectivity index (χ3n) is 5.52. The Hall–Kier alpha value is -2.64. The van der Waals surface area contributed by atoms with Crippen LogP contribution in [0.4, 0.5) is 0 Å². The van der Waals surface area contributed by atoms with E-state index in [9.17, 15) is 19.2 Å². The Morgan fingerprint density at radius 2 is 1.56 bits per heavy atom. The van der Waals surface area contributed by atoms with Gasteiger partial charge in [-0.15, -0.1) is 0 Å². The standard InChI is InChI=1S/C13H24N2O2.C8H13NO.C3H5NO/c1-3-12(9-11(2)14-10-16)15-8-6-4-5-7-13(15)17;1-2-9-7-5-3-4-6-8(9)10;1-2-4-3-5/h10-12H,3-9H2,1-2H3,(H,14,16);2H,1,3-7H2;2-3H,1H2,(H,4,5). The van der Waals surface area contributed by atoms with Gasteiger partial charge in [0.05, 0.1) is 0 Å². The molecule has 8 nitrogen and oxygen atoms in total. The molecule has 0 aliphatic carbocycles. The van der Waals surface area contributed by atoms with Gasteiger partial charge >= 0.3 is 0 Å². The topological polar surface area (TPSA) is 98.8 Å². The molecule has 0 radical (unpaired) electrons. The van der Waals surface area contributed by atoms with Gasteiger partial charge in [0.1, 0.15) is 0 Å². The molecule has 0 saturated carbocycles. The summed E-state index contributed by atoms with van der Waals surface area (Å²) in [4.78, 5) is 46.4. The third kappa shape index (κ3) is 12.9. The van der Waals surface area contributed by atoms with Gasteiger partial charge in [-0.05, 0) is 57.8 Å². The summed E-state index contributed by atoms with van der Waals surface area (Å²) in [7, 11) is 0. The molecule has 8 heteroatoms. The van der Waals surface area contributed by atoms with Crippen LogP contribution in [0.1, 0.15) is 78.1 Å². The molecule has 2 rings (SSSR count). The first-order valence-electron chi connectivity index (χ1n) is 11.7. The summed E-state index contributed by atoms with van der Waals surface area (Å²) in [6.07, 6.45) is 14.1. The first-order valence-corrected chi connectivity index (χ1v) is 11.7. The lowest BCUT2D eigenvalue weighted by molar-refractivity contribution is -0.133. The first-order chi connectivity index (χ1) is 15.4. The van der Waals surface area contributed by atoms with Crippen molar-refractivity contribution >= 4 is 24.6 Å². The van der Waals surface area contributed by atoms with Gasteiger partial charge in [-0.3, -0.25) is 19.2 Å². The highest BCUT2D eigenvalue weighted by atomic mass is 16.2. The van der Waals surface area contributed by atoms with Crippen molar-refractivity contribution in [3.8, 4) is 0 Å². The molecule has 2 heterocycles. The molecule has 2 fully saturated rings. The molecular weight excluding hydrogens is 408 g/mol. The van der Waals surface area contributed by atoms with Gasteiger partial charge in [0.25, 0.3) is 0 Å². The molecular formula is C24H42N4O4. The van der Waals surface area contributed by atoms with Crippen molar-refractivity contribution in [2.75, 3.05) is 13.1 Å². The van der Waals surface area contributed by atoms with Crippen LogP contribution >= 0.6 is 0 Å². The van der Waals surface area contributed by atoms with E-state index in [0.717, 1.165) is 64.4 Å². The second kappa shape index (κ2) is 19.1. The van der Waals surface area contributed by atoms with E-state index >= 15 is 0 Å². The Balaban J connectivity index is 0.000000538. The molecule has 2 aliphatic heterocycles. The lowest BCUT2D eigenvalue weighted by atomic mass is 10.0. The summed E-state index contributed by atoms with van der Waals surface area (Å²) in [5.41, 5.74) is 0. The smallest absolute Gasteiger partial charge is 0.226 e. The summed E-state index contributed by atoms with van der Waals surface area (Å²) < 4.78 is 0. The van der Waals surface area contributed by atoms with Crippen LogP contribution in [0.3, 0.4) is 0 Å². The van der Waals surface area contributed by atoms with E-state index in [1.54, 1.807) is 11.1 Å². The molecule has 0 aromatic heterocycles. The van der Waals surface area contributed by atoms with Crippen LogP contribution in [0.2, 0.25) is 0 Å². The molecule has 182 valence electrons. The summed E-state index contributed by atoms with van der Waals surface area (Å²) in [6.45, 7) is 12.6. The van der Waals surface area contributed by atoms with Crippen molar-refractivity contribution in [1.29, 1.82) is 0 Å². The Labute approximate surface area is 193 Å². The molecule has 4 amide bonds. The maximum absolute atomic E-state index is 12.0. The van der Waals surface area contributed by atoms with Crippen molar-refractivity contribution in [2.45, 2.75) is 90.1 Å². The summed E-state index contributed by atoms with van der Waals surface area (Å²) >= 11 is 0. The van der Waals surface area contributed by atoms with Gasteiger partial charge in [0.15, 0.2) is 0 Å². The number of nitrogens with zero attached hydrogens (tertiary/aromatic N) is 2. The van der Waals surface area contributed by atoms with Crippen LogP contribution in [0.5, 0.6) is 0 Å². The van der Waals surface area contributed by atoms with Crippen molar-refractivity contribution in [3.05, 3.63) is 25.6 Å². The van der Waals surface area contributed by atoms with E-state index in [1.807, 2.05) is 11.8 Å². The van der Waals surface area contributed by atoms with Gasteiger partial charge in [-0.25, -0.2) is 0 Å². The first kappa shape index (κ1) is 29.4. The molecule has 2 saturated heterocycles. The van der Waals surface area contributed by atoms with E-state index in [0.29, 0.717) is 19.3 Å². The molecule has 0 bridgehead atoms. The Kier molecular flexibility index (Phi) is 17.5. The summed E-state index contributed by atoms with van der Waals surface area (Å²) in [6, 6.07) is 0.400. The van der Waals surface area contributed by atoms with Gasteiger partial charge in [-0.1, -0.05) is 32.9 Å². The number of hydrogen-bond acceptors (Lipinski definition) is 4. The van der Waals surface area contributed by atoms with E-state index in [2.05, 4.69) is 30.7 Å². The predicted octanol–water partition coefficient (Wildman–Crippen LogP) is 3.10. The van der Waals surface area contributed by atoms with Gasteiger partial charge in [-0.2, -0.15) is 0 Å². The molecule has 2 atom stereocenters. The van der Waals surface area contributed by atoms with E-state index in [-0.39, 0.29) is 23.9 Å². The molecule has 2 unspecified atom stereocenters. The fraction of sp³-hybridized carbons (Fsp3) is 0.667. The highest BCUT2D eigenvalue weighted by Crippen LogP contribution is 2.18. The maximum atomic E-state index is 12.0. The third-order valence-corrected chi connectivity index (χ3v) is 5.52. The lowest BCUT2D eigenvalue weighted by Gasteiger charge is -2.32. The Morgan fingerprint density at radius 1 is 0.938 bits per heavy atom. The number of amides is 4. The minimum atomic E-state index is 0.133. The number of carbonyl (C=O) groups is 4. The molecule has 32 heavy (non-hydrogen) atoms. The molecule has 0 aromatic carbocycles. The summed E-state index contributed by atoms with van der Waals surface area (Å²) in [5, 5.41) is 4.96. The lowest BCUT2D eigenvalue weighted by Crippen LogP contribution is -2.43. The number of carbonyl (C=O) groups excluding carboxylic acids is 4. The van der Waals surface area contributed by atoms with Crippen LogP contribution in [0, 0.1) is 0 Å². The fourth-order valence-corrected chi connectivity index (χ4v) is 3.74. The Bertz CT molecular complexity index is 576. The average Bonchev–Trinajstić information content (AvgIpc) is 3.13. The zero-order valence-electron chi connectivity index (χ0n) is 19.9. The van der Waals surface area contributed by atoms with E-state index in [1.165, 1.54) is 12.6 Å². The quantitative estimate of drug-likeness (QED) is 0.527. The minimum Gasteiger partial charge on any atom is -0.356 e.